The van der Waals surface area contributed by atoms with E-state index in [0.717, 1.165) is 4.90 Å². The van der Waals surface area contributed by atoms with Crippen molar-refractivity contribution in [2.24, 2.45) is 5.92 Å². The fraction of sp³-hybridized carbons (Fsp3) is 0.273. The zero-order chi connectivity index (χ0) is 21.8. The summed E-state index contributed by atoms with van der Waals surface area (Å²) in [6.45, 7) is 3.09. The van der Waals surface area contributed by atoms with E-state index in [-0.39, 0.29) is 23.5 Å². The first-order valence-electron chi connectivity index (χ1n) is 9.47. The molecule has 2 aromatic rings. The number of amides is 3. The van der Waals surface area contributed by atoms with E-state index in [2.05, 4.69) is 5.32 Å². The average Bonchev–Trinajstić information content (AvgIpc) is 2.97. The number of nitrogens with zero attached hydrogens (tertiary/aromatic N) is 1. The lowest BCUT2D eigenvalue weighted by Gasteiger charge is -2.25. The van der Waals surface area contributed by atoms with Crippen molar-refractivity contribution in [1.82, 2.24) is 4.90 Å². The Morgan fingerprint density at radius 1 is 1.00 bits per heavy atom. The number of benzene rings is 2. The quantitative estimate of drug-likeness (QED) is 0.557. The van der Waals surface area contributed by atoms with E-state index in [1.54, 1.807) is 12.1 Å². The van der Waals surface area contributed by atoms with Crippen LogP contribution in [0.25, 0.3) is 0 Å². The molecule has 30 heavy (non-hydrogen) atoms. The van der Waals surface area contributed by atoms with Gasteiger partial charge in [-0.2, -0.15) is 0 Å². The summed E-state index contributed by atoms with van der Waals surface area (Å²) < 4.78 is 18.0. The number of anilines is 1. The Morgan fingerprint density at radius 3 is 2.10 bits per heavy atom. The number of esters is 1. The highest BCUT2D eigenvalue weighted by molar-refractivity contribution is 6.22. The fourth-order valence-electron chi connectivity index (χ4n) is 3.21. The van der Waals surface area contributed by atoms with Gasteiger partial charge in [-0.25, -0.2) is 9.18 Å². The van der Waals surface area contributed by atoms with Crippen molar-refractivity contribution < 1.29 is 28.3 Å². The molecule has 3 rings (SSSR count). The van der Waals surface area contributed by atoms with Crippen molar-refractivity contribution in [2.45, 2.75) is 26.3 Å². The molecule has 0 unspecified atom stereocenters. The minimum Gasteiger partial charge on any atom is -0.454 e. The van der Waals surface area contributed by atoms with Gasteiger partial charge in [0.25, 0.3) is 17.7 Å². The van der Waals surface area contributed by atoms with Crippen molar-refractivity contribution in [3.63, 3.8) is 0 Å². The Kier molecular flexibility index (Phi) is 6.25. The van der Waals surface area contributed by atoms with Gasteiger partial charge in [-0.05, 0) is 48.7 Å². The molecule has 1 heterocycles. The second-order valence-electron chi connectivity index (χ2n) is 7.33. The molecule has 3 amide bonds. The molecule has 0 saturated heterocycles. The van der Waals surface area contributed by atoms with Crippen LogP contribution in [0.1, 0.15) is 41.0 Å². The first-order chi connectivity index (χ1) is 14.3. The number of carbonyl (C=O) groups is 4. The summed E-state index contributed by atoms with van der Waals surface area (Å²) in [6.07, 6.45) is 0.198. The van der Waals surface area contributed by atoms with Gasteiger partial charge in [0, 0.05) is 5.69 Å². The monoisotopic (exact) mass is 412 g/mol. The zero-order valence-corrected chi connectivity index (χ0v) is 16.6. The molecule has 0 bridgehead atoms. The lowest BCUT2D eigenvalue weighted by Crippen LogP contribution is -2.46. The standard InChI is InChI=1S/C22H21FN2O5/c1-13(2)11-18(25-20(27)16-5-3-4-6-17(16)21(25)28)22(29)30-12-19(26)24-15-9-7-14(23)8-10-15/h3-10,13,18H,11-12H2,1-2H3,(H,24,26)/t18-/m1/s1. The van der Waals surface area contributed by atoms with Gasteiger partial charge in [0.1, 0.15) is 11.9 Å². The minimum absolute atomic E-state index is 0.0140. The van der Waals surface area contributed by atoms with E-state index in [1.807, 2.05) is 13.8 Å². The third-order valence-corrected chi connectivity index (χ3v) is 4.58. The van der Waals surface area contributed by atoms with Crippen LogP contribution >= 0.6 is 0 Å². The molecule has 1 N–H and O–H groups in total. The van der Waals surface area contributed by atoms with Crippen LogP contribution in [-0.2, 0) is 14.3 Å². The molecule has 2 aromatic carbocycles. The maximum atomic E-state index is 12.9. The lowest BCUT2D eigenvalue weighted by molar-refractivity contribution is -0.151. The number of rotatable bonds is 7. The Hall–Kier alpha value is -3.55. The molecular weight excluding hydrogens is 391 g/mol. The maximum absolute atomic E-state index is 12.9. The van der Waals surface area contributed by atoms with Crippen LogP contribution < -0.4 is 5.32 Å². The molecule has 156 valence electrons. The fourth-order valence-corrected chi connectivity index (χ4v) is 3.21. The summed E-state index contributed by atoms with van der Waals surface area (Å²) in [7, 11) is 0. The van der Waals surface area contributed by atoms with Crippen LogP contribution in [-0.4, -0.2) is 41.2 Å². The number of halogens is 1. The summed E-state index contributed by atoms with van der Waals surface area (Å²) in [5.74, 6) is -3.05. The van der Waals surface area contributed by atoms with E-state index < -0.39 is 42.2 Å². The number of hydrogen-bond donors (Lipinski definition) is 1. The van der Waals surface area contributed by atoms with Crippen molar-refractivity contribution in [3.8, 4) is 0 Å². The highest BCUT2D eigenvalue weighted by Crippen LogP contribution is 2.27. The molecule has 1 aliphatic heterocycles. The maximum Gasteiger partial charge on any atom is 0.329 e. The first-order valence-corrected chi connectivity index (χ1v) is 9.47. The summed E-state index contributed by atoms with van der Waals surface area (Å²) in [5, 5.41) is 2.48. The predicted octanol–water partition coefficient (Wildman–Crippen LogP) is 3.02. The van der Waals surface area contributed by atoms with Crippen LogP contribution in [0.4, 0.5) is 10.1 Å². The Balaban J connectivity index is 1.69. The second-order valence-corrected chi connectivity index (χ2v) is 7.33. The van der Waals surface area contributed by atoms with E-state index in [4.69, 9.17) is 4.74 Å². The highest BCUT2D eigenvalue weighted by atomic mass is 19.1. The Labute approximate surface area is 172 Å². The number of carbonyl (C=O) groups excluding carboxylic acids is 4. The van der Waals surface area contributed by atoms with E-state index in [0.29, 0.717) is 5.69 Å². The van der Waals surface area contributed by atoms with Crippen molar-refractivity contribution in [3.05, 3.63) is 65.5 Å². The molecule has 0 aliphatic carbocycles. The molecule has 0 fully saturated rings. The molecule has 1 atom stereocenters. The summed E-state index contributed by atoms with van der Waals surface area (Å²) in [6, 6.07) is 10.3. The first kappa shape index (κ1) is 21.2. The molecule has 0 saturated carbocycles. The SMILES string of the molecule is CC(C)C[C@H](C(=O)OCC(=O)Nc1ccc(F)cc1)N1C(=O)c2ccccc2C1=O. The smallest absolute Gasteiger partial charge is 0.329 e. The van der Waals surface area contributed by atoms with Gasteiger partial charge in [0.15, 0.2) is 6.61 Å². The van der Waals surface area contributed by atoms with Gasteiger partial charge in [0.05, 0.1) is 11.1 Å². The third kappa shape index (κ3) is 4.53. The zero-order valence-electron chi connectivity index (χ0n) is 16.6. The molecule has 0 radical (unpaired) electrons. The van der Waals surface area contributed by atoms with Gasteiger partial charge >= 0.3 is 5.97 Å². The Bertz CT molecular complexity index is 952. The van der Waals surface area contributed by atoms with Crippen molar-refractivity contribution in [1.29, 1.82) is 0 Å². The van der Waals surface area contributed by atoms with Crippen LogP contribution in [0, 0.1) is 11.7 Å². The second kappa shape index (κ2) is 8.86. The van der Waals surface area contributed by atoms with Crippen molar-refractivity contribution in [2.75, 3.05) is 11.9 Å². The highest BCUT2D eigenvalue weighted by Gasteiger charge is 2.43. The number of imide groups is 1. The van der Waals surface area contributed by atoms with Crippen LogP contribution in [0.3, 0.4) is 0 Å². The number of ether oxygens (including phenoxy) is 1. The van der Waals surface area contributed by atoms with Gasteiger partial charge in [0.2, 0.25) is 0 Å². The molecule has 8 heteroatoms. The average molecular weight is 412 g/mol. The molecular formula is C22H21FN2O5. The molecule has 1 aliphatic rings. The summed E-state index contributed by atoms with van der Waals surface area (Å²) >= 11 is 0. The summed E-state index contributed by atoms with van der Waals surface area (Å²) in [5.41, 5.74) is 0.813. The minimum atomic E-state index is -1.14. The van der Waals surface area contributed by atoms with E-state index in [9.17, 15) is 23.6 Å². The van der Waals surface area contributed by atoms with Crippen molar-refractivity contribution >= 4 is 29.4 Å². The third-order valence-electron chi connectivity index (χ3n) is 4.58. The van der Waals surface area contributed by atoms with Crippen LogP contribution in [0.2, 0.25) is 0 Å². The topological polar surface area (TPSA) is 92.8 Å². The Morgan fingerprint density at radius 2 is 1.57 bits per heavy atom. The van der Waals surface area contributed by atoms with Crippen LogP contribution in [0.15, 0.2) is 48.5 Å². The van der Waals surface area contributed by atoms with Gasteiger partial charge < -0.3 is 10.1 Å². The van der Waals surface area contributed by atoms with Crippen LogP contribution in [0.5, 0.6) is 0 Å². The molecule has 7 nitrogen and oxygen atoms in total. The van der Waals surface area contributed by atoms with E-state index >= 15 is 0 Å². The number of fused-ring (bicyclic) bond motifs is 1. The number of nitrogens with one attached hydrogen (secondary N) is 1. The summed E-state index contributed by atoms with van der Waals surface area (Å²) in [4.78, 5) is 51.1. The van der Waals surface area contributed by atoms with E-state index in [1.165, 1.54) is 36.4 Å². The van der Waals surface area contributed by atoms with Gasteiger partial charge in [-0.1, -0.05) is 26.0 Å². The lowest BCUT2D eigenvalue weighted by atomic mass is 10.0. The predicted molar refractivity (Wildman–Crippen MR) is 106 cm³/mol. The van der Waals surface area contributed by atoms with Gasteiger partial charge in [-0.3, -0.25) is 19.3 Å². The number of hydrogen-bond acceptors (Lipinski definition) is 5. The molecule has 0 aromatic heterocycles. The largest absolute Gasteiger partial charge is 0.454 e. The molecule has 0 spiro atoms. The van der Waals surface area contributed by atoms with Gasteiger partial charge in [-0.15, -0.1) is 0 Å². The normalized spacial score (nSPS) is 13.9.